The number of hydrogen-bond donors (Lipinski definition) is 5. The first-order chi connectivity index (χ1) is 19.9. The molecule has 3 atom stereocenters. The summed E-state index contributed by atoms with van der Waals surface area (Å²) in [5, 5.41) is 24.2. The summed E-state index contributed by atoms with van der Waals surface area (Å²) in [7, 11) is 0. The molecule has 0 saturated carbocycles. The highest BCUT2D eigenvalue weighted by atomic mass is 32.2. The number of ether oxygens (including phenoxy) is 2. The maximum Gasteiger partial charge on any atom is 0.224 e. The topological polar surface area (TPSA) is 143 Å². The fourth-order valence-corrected chi connectivity index (χ4v) is 5.26. The Kier molecular flexibility index (Phi) is 11.6. The van der Waals surface area contributed by atoms with E-state index >= 15 is 0 Å². The zero-order valence-electron chi connectivity index (χ0n) is 22.8. The van der Waals surface area contributed by atoms with Crippen molar-refractivity contribution in [1.82, 2.24) is 0 Å². The lowest BCUT2D eigenvalue weighted by molar-refractivity contribution is -0.245. The molecule has 1 aliphatic rings. The van der Waals surface area contributed by atoms with Gasteiger partial charge in [-0.15, -0.1) is 0 Å². The second-order valence-corrected chi connectivity index (χ2v) is 11.0. The number of thioether (sulfide) groups is 1. The van der Waals surface area contributed by atoms with Crippen LogP contribution in [0.4, 0.5) is 17.1 Å². The fourth-order valence-electron chi connectivity index (χ4n) is 4.48. The Labute approximate surface area is 244 Å². The Morgan fingerprint density at radius 2 is 1.56 bits per heavy atom. The molecule has 3 aromatic rings. The highest BCUT2D eigenvalue weighted by Crippen LogP contribution is 2.39. The first kappa shape index (κ1) is 30.5. The van der Waals surface area contributed by atoms with E-state index in [0.29, 0.717) is 35.7 Å². The number of carbonyl (C=O) groups excluding carboxylic acids is 2. The van der Waals surface area contributed by atoms with Crippen molar-refractivity contribution in [2.45, 2.75) is 50.8 Å². The highest BCUT2D eigenvalue weighted by Gasteiger charge is 2.32. The van der Waals surface area contributed by atoms with Crippen LogP contribution in [0.2, 0.25) is 0 Å². The quantitative estimate of drug-likeness (QED) is 0.144. The Hall–Kier alpha value is -3.41. The third-order valence-corrected chi connectivity index (χ3v) is 7.74. The van der Waals surface area contributed by atoms with E-state index in [0.717, 1.165) is 22.4 Å². The Bertz CT molecular complexity index is 1270. The van der Waals surface area contributed by atoms with Crippen LogP contribution in [0.15, 0.2) is 72.8 Å². The molecular weight excluding hydrogens is 542 g/mol. The smallest absolute Gasteiger partial charge is 0.224 e. The number of aliphatic hydroxyl groups excluding tert-OH is 2. The van der Waals surface area contributed by atoms with Gasteiger partial charge in [0, 0.05) is 42.0 Å². The molecule has 0 bridgehead atoms. The third-order valence-electron chi connectivity index (χ3n) is 6.66. The molecule has 1 heterocycles. The molecule has 41 heavy (non-hydrogen) atoms. The van der Waals surface area contributed by atoms with E-state index in [-0.39, 0.29) is 50.1 Å². The molecule has 2 amide bonds. The number of rotatable bonds is 13. The molecule has 6 N–H and O–H groups in total. The Morgan fingerprint density at radius 1 is 0.878 bits per heavy atom. The van der Waals surface area contributed by atoms with E-state index < -0.39 is 6.29 Å². The monoisotopic (exact) mass is 579 g/mol. The summed E-state index contributed by atoms with van der Waals surface area (Å²) in [5.41, 5.74) is 10.2. The van der Waals surface area contributed by atoms with E-state index in [1.807, 2.05) is 36.4 Å². The highest BCUT2D eigenvalue weighted by molar-refractivity contribution is 7.99. The predicted molar refractivity (Wildman–Crippen MR) is 161 cm³/mol. The number of hydrogen-bond acceptors (Lipinski definition) is 8. The summed E-state index contributed by atoms with van der Waals surface area (Å²) in [6, 6.07) is 22.1. The van der Waals surface area contributed by atoms with Crippen LogP contribution in [0.5, 0.6) is 0 Å². The maximum atomic E-state index is 12.5. The molecule has 0 unspecified atom stereocenters. The minimum absolute atomic E-state index is 0.0139. The van der Waals surface area contributed by atoms with E-state index in [2.05, 4.69) is 10.6 Å². The SMILES string of the molecule is Nc1ccccc1NC(=O)CCCC(=O)Nc1ccc([C@@H]2O[C@H](CSCCO)C[C@H](c3ccc(CO)cc3)O2)cc1. The number of para-hydroxylation sites is 2. The van der Waals surface area contributed by atoms with Crippen molar-refractivity contribution in [2.75, 3.05) is 34.5 Å². The lowest BCUT2D eigenvalue weighted by atomic mass is 10.0. The van der Waals surface area contributed by atoms with Crippen LogP contribution in [-0.2, 0) is 25.7 Å². The predicted octanol–water partition coefficient (Wildman–Crippen LogP) is 4.78. The third kappa shape index (κ3) is 9.31. The number of nitrogens with two attached hydrogens (primary N) is 1. The van der Waals surface area contributed by atoms with Crippen LogP contribution in [-0.4, -0.2) is 46.2 Å². The van der Waals surface area contributed by atoms with Gasteiger partial charge in [0.1, 0.15) is 0 Å². The first-order valence-electron chi connectivity index (χ1n) is 13.7. The van der Waals surface area contributed by atoms with Crippen LogP contribution in [0.25, 0.3) is 0 Å². The van der Waals surface area contributed by atoms with Crippen LogP contribution in [0, 0.1) is 0 Å². The maximum absolute atomic E-state index is 12.5. The van der Waals surface area contributed by atoms with Gasteiger partial charge in [-0.05, 0) is 41.8 Å². The van der Waals surface area contributed by atoms with Crippen molar-refractivity contribution in [3.63, 3.8) is 0 Å². The zero-order chi connectivity index (χ0) is 29.0. The summed E-state index contributed by atoms with van der Waals surface area (Å²) in [4.78, 5) is 24.6. The standard InChI is InChI=1S/C31H37N3O6S/c32-26-4-1-2-5-27(26)34-30(38)7-3-6-29(37)33-24-14-12-23(13-15-24)31-39-25(20-41-17-16-35)18-28(40-31)22-10-8-21(19-36)9-11-22/h1-2,4-5,8-15,25,28,31,35-36H,3,6-7,16-20,32H2,(H,33,37)(H,34,38)/t25-,28+,31+/m0/s1. The van der Waals surface area contributed by atoms with E-state index in [1.54, 1.807) is 48.2 Å². The van der Waals surface area contributed by atoms with Crippen LogP contribution in [0.1, 0.15) is 54.8 Å². The number of anilines is 3. The van der Waals surface area contributed by atoms with E-state index in [4.69, 9.17) is 15.2 Å². The van der Waals surface area contributed by atoms with Gasteiger partial charge in [-0.1, -0.05) is 48.5 Å². The number of amides is 2. The molecular formula is C31H37N3O6S. The Balaban J connectivity index is 1.30. The molecule has 9 nitrogen and oxygen atoms in total. The van der Waals surface area contributed by atoms with Gasteiger partial charge in [0.15, 0.2) is 6.29 Å². The van der Waals surface area contributed by atoms with Gasteiger partial charge < -0.3 is 36.1 Å². The van der Waals surface area contributed by atoms with Gasteiger partial charge in [0.05, 0.1) is 36.8 Å². The van der Waals surface area contributed by atoms with Crippen molar-refractivity contribution in [2.24, 2.45) is 0 Å². The molecule has 218 valence electrons. The molecule has 3 aromatic carbocycles. The van der Waals surface area contributed by atoms with Gasteiger partial charge in [0.2, 0.25) is 11.8 Å². The summed E-state index contributed by atoms with van der Waals surface area (Å²) in [6.07, 6.45) is 0.657. The number of aliphatic hydroxyl groups is 2. The lowest BCUT2D eigenvalue weighted by Gasteiger charge is -2.36. The summed E-state index contributed by atoms with van der Waals surface area (Å²) < 4.78 is 12.6. The van der Waals surface area contributed by atoms with E-state index in [1.165, 1.54) is 0 Å². The first-order valence-corrected chi connectivity index (χ1v) is 14.8. The summed E-state index contributed by atoms with van der Waals surface area (Å²) in [5.74, 6) is 1.00. The van der Waals surface area contributed by atoms with Gasteiger partial charge in [0.25, 0.3) is 0 Å². The van der Waals surface area contributed by atoms with Crippen molar-refractivity contribution in [3.05, 3.63) is 89.5 Å². The molecule has 0 aliphatic carbocycles. The summed E-state index contributed by atoms with van der Waals surface area (Å²) in [6.45, 7) is 0.104. The van der Waals surface area contributed by atoms with Crippen LogP contribution < -0.4 is 16.4 Å². The van der Waals surface area contributed by atoms with Gasteiger partial charge in [-0.25, -0.2) is 0 Å². The molecule has 4 rings (SSSR count). The average molecular weight is 580 g/mol. The van der Waals surface area contributed by atoms with E-state index in [9.17, 15) is 19.8 Å². The van der Waals surface area contributed by atoms with Crippen molar-refractivity contribution in [3.8, 4) is 0 Å². The second kappa shape index (κ2) is 15.6. The molecule has 10 heteroatoms. The molecule has 1 saturated heterocycles. The molecule has 0 spiro atoms. The van der Waals surface area contributed by atoms with Gasteiger partial charge >= 0.3 is 0 Å². The molecule has 1 aliphatic heterocycles. The fraction of sp³-hybridized carbons (Fsp3) is 0.355. The Morgan fingerprint density at radius 3 is 2.24 bits per heavy atom. The molecule has 0 radical (unpaired) electrons. The van der Waals surface area contributed by atoms with Crippen molar-refractivity contribution >= 4 is 40.6 Å². The number of nitrogens with one attached hydrogen (secondary N) is 2. The number of carbonyl (C=O) groups is 2. The number of benzene rings is 3. The zero-order valence-corrected chi connectivity index (χ0v) is 23.6. The second-order valence-electron chi connectivity index (χ2n) is 9.81. The average Bonchev–Trinajstić information content (AvgIpc) is 2.99. The van der Waals surface area contributed by atoms with Gasteiger partial charge in [-0.3, -0.25) is 9.59 Å². The number of nitrogen functional groups attached to an aromatic ring is 1. The lowest BCUT2D eigenvalue weighted by Crippen LogP contribution is -2.31. The normalized spacial score (nSPS) is 18.5. The van der Waals surface area contributed by atoms with Crippen molar-refractivity contribution in [1.29, 1.82) is 0 Å². The molecule has 1 fully saturated rings. The minimum Gasteiger partial charge on any atom is -0.397 e. The van der Waals surface area contributed by atoms with Crippen molar-refractivity contribution < 1.29 is 29.3 Å². The van der Waals surface area contributed by atoms with Crippen LogP contribution in [0.3, 0.4) is 0 Å². The van der Waals surface area contributed by atoms with Gasteiger partial charge in [-0.2, -0.15) is 11.8 Å². The minimum atomic E-state index is -0.590. The largest absolute Gasteiger partial charge is 0.397 e. The van der Waals surface area contributed by atoms with Crippen LogP contribution >= 0.6 is 11.8 Å². The summed E-state index contributed by atoms with van der Waals surface area (Å²) >= 11 is 1.64. The molecule has 0 aromatic heterocycles.